The van der Waals surface area contributed by atoms with Gasteiger partial charge in [-0.2, -0.15) is 0 Å². The number of rotatable bonds is 1. The standard InChI is InChI=1S/C6H12O2/c7-4-5-1-2-6(8)3-5/h5-8H,1-4H2/t5?,6-/m1/s1. The molecule has 2 nitrogen and oxygen atoms in total. The fourth-order valence-electron chi connectivity index (χ4n) is 1.21. The van der Waals surface area contributed by atoms with Gasteiger partial charge in [0.1, 0.15) is 0 Å². The van der Waals surface area contributed by atoms with E-state index in [2.05, 4.69) is 0 Å². The zero-order chi connectivity index (χ0) is 5.98. The Morgan fingerprint density at radius 1 is 1.38 bits per heavy atom. The number of hydrogen-bond donors (Lipinski definition) is 2. The van der Waals surface area contributed by atoms with Gasteiger partial charge >= 0.3 is 0 Å². The minimum absolute atomic E-state index is 0.132. The lowest BCUT2D eigenvalue weighted by Gasteiger charge is -2.00. The van der Waals surface area contributed by atoms with Gasteiger partial charge in [-0.1, -0.05) is 0 Å². The molecule has 2 heteroatoms. The summed E-state index contributed by atoms with van der Waals surface area (Å²) >= 11 is 0. The van der Waals surface area contributed by atoms with Gasteiger partial charge in [0, 0.05) is 6.61 Å². The Morgan fingerprint density at radius 2 is 2.12 bits per heavy atom. The minimum atomic E-state index is -0.132. The molecule has 0 saturated heterocycles. The highest BCUT2D eigenvalue weighted by Crippen LogP contribution is 2.24. The van der Waals surface area contributed by atoms with Crippen molar-refractivity contribution in [2.75, 3.05) is 6.61 Å². The summed E-state index contributed by atoms with van der Waals surface area (Å²) in [6.07, 6.45) is 2.55. The van der Waals surface area contributed by atoms with Gasteiger partial charge in [-0.25, -0.2) is 0 Å². The Labute approximate surface area is 49.1 Å². The van der Waals surface area contributed by atoms with Crippen LogP contribution in [0.2, 0.25) is 0 Å². The average Bonchev–Trinajstić information content (AvgIpc) is 2.14. The van der Waals surface area contributed by atoms with Crippen molar-refractivity contribution in [3.63, 3.8) is 0 Å². The molecule has 0 radical (unpaired) electrons. The first-order valence-corrected chi connectivity index (χ1v) is 3.12. The normalized spacial score (nSPS) is 38.2. The molecular formula is C6H12O2. The highest BCUT2D eigenvalue weighted by atomic mass is 16.3. The molecule has 0 aliphatic heterocycles. The Balaban J connectivity index is 2.22. The Hall–Kier alpha value is -0.0800. The molecule has 0 amide bonds. The van der Waals surface area contributed by atoms with Gasteiger partial charge in [-0.3, -0.25) is 0 Å². The van der Waals surface area contributed by atoms with E-state index in [1.165, 1.54) is 0 Å². The molecule has 1 unspecified atom stereocenters. The van der Waals surface area contributed by atoms with Gasteiger partial charge in [-0.15, -0.1) is 0 Å². The first-order valence-electron chi connectivity index (χ1n) is 3.12. The summed E-state index contributed by atoms with van der Waals surface area (Å²) in [6, 6.07) is 0. The van der Waals surface area contributed by atoms with E-state index in [1.54, 1.807) is 0 Å². The fourth-order valence-corrected chi connectivity index (χ4v) is 1.21. The van der Waals surface area contributed by atoms with Gasteiger partial charge in [0.2, 0.25) is 0 Å². The fraction of sp³-hybridized carbons (Fsp3) is 1.00. The first kappa shape index (κ1) is 6.05. The zero-order valence-corrected chi connectivity index (χ0v) is 4.88. The summed E-state index contributed by atoms with van der Waals surface area (Å²) in [4.78, 5) is 0. The van der Waals surface area contributed by atoms with Crippen LogP contribution in [0.15, 0.2) is 0 Å². The molecule has 48 valence electrons. The van der Waals surface area contributed by atoms with Crippen molar-refractivity contribution >= 4 is 0 Å². The van der Waals surface area contributed by atoms with Crippen LogP contribution in [0.25, 0.3) is 0 Å². The molecule has 0 aromatic heterocycles. The van der Waals surface area contributed by atoms with Gasteiger partial charge in [0.15, 0.2) is 0 Å². The highest BCUT2D eigenvalue weighted by molar-refractivity contribution is 4.73. The first-order chi connectivity index (χ1) is 3.83. The lowest BCUT2D eigenvalue weighted by atomic mass is 10.1. The van der Waals surface area contributed by atoms with Gasteiger partial charge in [0.05, 0.1) is 6.10 Å². The van der Waals surface area contributed by atoms with Crippen molar-refractivity contribution in [2.45, 2.75) is 25.4 Å². The van der Waals surface area contributed by atoms with Crippen molar-refractivity contribution in [3.05, 3.63) is 0 Å². The largest absolute Gasteiger partial charge is 0.396 e. The number of hydrogen-bond acceptors (Lipinski definition) is 2. The predicted molar refractivity (Wildman–Crippen MR) is 30.4 cm³/mol. The van der Waals surface area contributed by atoms with Crippen LogP contribution in [0.1, 0.15) is 19.3 Å². The Morgan fingerprint density at radius 3 is 2.38 bits per heavy atom. The molecule has 0 aromatic carbocycles. The smallest absolute Gasteiger partial charge is 0.0543 e. The molecule has 0 aromatic rings. The molecule has 1 aliphatic rings. The van der Waals surface area contributed by atoms with E-state index in [4.69, 9.17) is 10.2 Å². The lowest BCUT2D eigenvalue weighted by molar-refractivity contribution is 0.163. The third kappa shape index (κ3) is 1.20. The van der Waals surface area contributed by atoms with Gasteiger partial charge < -0.3 is 10.2 Å². The van der Waals surface area contributed by atoms with Crippen molar-refractivity contribution in [1.82, 2.24) is 0 Å². The van der Waals surface area contributed by atoms with Crippen molar-refractivity contribution in [3.8, 4) is 0 Å². The van der Waals surface area contributed by atoms with Crippen LogP contribution in [0.4, 0.5) is 0 Å². The van der Waals surface area contributed by atoms with Crippen molar-refractivity contribution in [1.29, 1.82) is 0 Å². The third-order valence-electron chi connectivity index (χ3n) is 1.77. The van der Waals surface area contributed by atoms with Gasteiger partial charge in [0.25, 0.3) is 0 Å². The van der Waals surface area contributed by atoms with E-state index in [0.29, 0.717) is 5.92 Å². The second-order valence-electron chi connectivity index (χ2n) is 2.52. The average molecular weight is 116 g/mol. The summed E-state index contributed by atoms with van der Waals surface area (Å²) in [5, 5.41) is 17.5. The van der Waals surface area contributed by atoms with E-state index in [9.17, 15) is 0 Å². The van der Waals surface area contributed by atoms with E-state index >= 15 is 0 Å². The number of aliphatic hydroxyl groups is 2. The third-order valence-corrected chi connectivity index (χ3v) is 1.77. The summed E-state index contributed by atoms with van der Waals surface area (Å²) in [5.41, 5.74) is 0. The molecule has 0 bridgehead atoms. The second kappa shape index (κ2) is 2.46. The molecule has 1 aliphatic carbocycles. The molecule has 8 heavy (non-hydrogen) atoms. The van der Waals surface area contributed by atoms with Crippen LogP contribution < -0.4 is 0 Å². The summed E-state index contributed by atoms with van der Waals surface area (Å²) in [7, 11) is 0. The molecule has 1 saturated carbocycles. The topological polar surface area (TPSA) is 40.5 Å². The number of aliphatic hydroxyl groups excluding tert-OH is 2. The molecule has 0 heterocycles. The zero-order valence-electron chi connectivity index (χ0n) is 4.88. The van der Waals surface area contributed by atoms with E-state index < -0.39 is 0 Å². The predicted octanol–water partition coefficient (Wildman–Crippen LogP) is 0.140. The summed E-state index contributed by atoms with van der Waals surface area (Å²) < 4.78 is 0. The maximum absolute atomic E-state index is 8.92. The second-order valence-corrected chi connectivity index (χ2v) is 2.52. The van der Waals surface area contributed by atoms with Crippen LogP contribution in [-0.4, -0.2) is 22.9 Å². The van der Waals surface area contributed by atoms with Crippen LogP contribution in [0.5, 0.6) is 0 Å². The van der Waals surface area contributed by atoms with Crippen LogP contribution >= 0.6 is 0 Å². The van der Waals surface area contributed by atoms with E-state index in [0.717, 1.165) is 19.3 Å². The van der Waals surface area contributed by atoms with E-state index in [-0.39, 0.29) is 12.7 Å². The maximum Gasteiger partial charge on any atom is 0.0543 e. The molecule has 2 N–H and O–H groups in total. The monoisotopic (exact) mass is 116 g/mol. The summed E-state index contributed by atoms with van der Waals surface area (Å²) in [6.45, 7) is 0.247. The Bertz CT molecular complexity index is 72.9. The molecule has 1 fully saturated rings. The molecular weight excluding hydrogens is 104 g/mol. The van der Waals surface area contributed by atoms with E-state index in [1.807, 2.05) is 0 Å². The van der Waals surface area contributed by atoms with Crippen LogP contribution in [-0.2, 0) is 0 Å². The van der Waals surface area contributed by atoms with Crippen LogP contribution in [0.3, 0.4) is 0 Å². The summed E-state index contributed by atoms with van der Waals surface area (Å²) in [5.74, 6) is 0.380. The maximum atomic E-state index is 8.92. The highest BCUT2D eigenvalue weighted by Gasteiger charge is 2.21. The van der Waals surface area contributed by atoms with Crippen molar-refractivity contribution in [2.24, 2.45) is 5.92 Å². The molecule has 0 spiro atoms. The Kier molecular flexibility index (Phi) is 1.86. The molecule has 2 atom stereocenters. The minimum Gasteiger partial charge on any atom is -0.396 e. The van der Waals surface area contributed by atoms with Gasteiger partial charge in [-0.05, 0) is 25.2 Å². The quantitative estimate of drug-likeness (QED) is 0.511. The lowest BCUT2D eigenvalue weighted by Crippen LogP contribution is -2.03. The SMILES string of the molecule is OCC1CC[C@@H](O)C1. The van der Waals surface area contributed by atoms with Crippen molar-refractivity contribution < 1.29 is 10.2 Å². The molecule has 1 rings (SSSR count). The van der Waals surface area contributed by atoms with Crippen LogP contribution in [0, 0.1) is 5.92 Å².